The van der Waals surface area contributed by atoms with Gasteiger partial charge in [-0.15, -0.1) is 11.3 Å². The Morgan fingerprint density at radius 3 is 2.22 bits per heavy atom. The van der Waals surface area contributed by atoms with Crippen molar-refractivity contribution in [3.8, 4) is 0 Å². The molecule has 2 aromatic rings. The predicted molar refractivity (Wildman–Crippen MR) is 195 cm³/mol. The van der Waals surface area contributed by atoms with Crippen molar-refractivity contribution in [3.63, 3.8) is 0 Å². The zero-order valence-corrected chi connectivity index (χ0v) is 32.0. The van der Waals surface area contributed by atoms with Gasteiger partial charge in [0.1, 0.15) is 16.7 Å². The summed E-state index contributed by atoms with van der Waals surface area (Å²) in [5, 5.41) is 20.9. The van der Waals surface area contributed by atoms with Crippen molar-refractivity contribution in [2.45, 2.75) is 116 Å². The Balaban J connectivity index is 1.49. The van der Waals surface area contributed by atoms with Gasteiger partial charge < -0.3 is 30.7 Å². The summed E-state index contributed by atoms with van der Waals surface area (Å²) in [6.45, 7) is 10.9. The lowest BCUT2D eigenvalue weighted by molar-refractivity contribution is -0.181. The van der Waals surface area contributed by atoms with Crippen LogP contribution in [0.4, 0.5) is 0 Å². The number of carboxylic acid groups (broad SMARTS) is 1. The van der Waals surface area contributed by atoms with E-state index in [2.05, 4.69) is 20.9 Å². The summed E-state index contributed by atoms with van der Waals surface area (Å²) < 4.78 is 5.76. The molecule has 13 heteroatoms. The normalized spacial score (nSPS) is 22.6. The molecule has 3 aliphatic carbocycles. The predicted octanol–water partition coefficient (Wildman–Crippen LogP) is 4.75. The number of carboxylic acids is 1. The summed E-state index contributed by atoms with van der Waals surface area (Å²) in [5.74, 6) is -3.01. The molecule has 6 atom stereocenters. The highest BCUT2D eigenvalue weighted by molar-refractivity contribution is 7.09. The van der Waals surface area contributed by atoms with Crippen LogP contribution in [0.3, 0.4) is 0 Å². The molecule has 3 aliphatic rings. The molecule has 280 valence electrons. The highest BCUT2D eigenvalue weighted by Gasteiger charge is 2.71. The summed E-state index contributed by atoms with van der Waals surface area (Å²) in [7, 11) is 3.65. The van der Waals surface area contributed by atoms with Gasteiger partial charge >= 0.3 is 11.9 Å². The van der Waals surface area contributed by atoms with Crippen molar-refractivity contribution in [1.82, 2.24) is 25.8 Å². The molecule has 0 spiro atoms. The number of hydrogen-bond donors (Lipinski definition) is 4. The van der Waals surface area contributed by atoms with Gasteiger partial charge in [-0.3, -0.25) is 24.0 Å². The van der Waals surface area contributed by atoms with Crippen LogP contribution in [-0.4, -0.2) is 82.4 Å². The second-order valence-corrected chi connectivity index (χ2v) is 16.1. The van der Waals surface area contributed by atoms with Crippen LogP contribution < -0.4 is 16.0 Å². The van der Waals surface area contributed by atoms with Gasteiger partial charge in [-0.2, -0.15) is 0 Å². The molecular formula is C38H55N5O7S. The zero-order valence-electron chi connectivity index (χ0n) is 31.2. The molecule has 51 heavy (non-hydrogen) atoms. The summed E-state index contributed by atoms with van der Waals surface area (Å²) in [4.78, 5) is 71.3. The lowest BCUT2D eigenvalue weighted by atomic mass is 9.39. The zero-order chi connectivity index (χ0) is 37.7. The van der Waals surface area contributed by atoms with E-state index in [1.54, 1.807) is 24.3 Å². The minimum atomic E-state index is -0.944. The number of hydrogen-bond acceptors (Lipinski definition) is 9. The molecule has 4 N–H and O–H groups in total. The molecule has 1 aromatic heterocycles. The monoisotopic (exact) mass is 725 g/mol. The molecule has 1 heterocycles. The van der Waals surface area contributed by atoms with Gasteiger partial charge in [0.2, 0.25) is 11.8 Å². The van der Waals surface area contributed by atoms with E-state index in [1.165, 1.54) is 18.3 Å². The topological polar surface area (TPSA) is 167 Å². The van der Waals surface area contributed by atoms with Crippen molar-refractivity contribution < 1.29 is 33.8 Å². The maximum Gasteiger partial charge on any atom is 0.306 e. The van der Waals surface area contributed by atoms with E-state index < -0.39 is 47.4 Å². The van der Waals surface area contributed by atoms with Gasteiger partial charge in [0.25, 0.3) is 5.91 Å². The van der Waals surface area contributed by atoms with Crippen LogP contribution in [-0.2, 0) is 30.3 Å². The Morgan fingerprint density at radius 2 is 1.67 bits per heavy atom. The lowest BCUT2D eigenvalue weighted by Crippen LogP contribution is -2.77. The van der Waals surface area contributed by atoms with Gasteiger partial charge in [0.15, 0.2) is 6.10 Å². The number of ether oxygens (including phenoxy) is 1. The largest absolute Gasteiger partial charge is 0.481 e. The number of esters is 1. The van der Waals surface area contributed by atoms with E-state index in [4.69, 9.17) is 4.74 Å². The standard InChI is InChI=1S/C38H55N5O7S/c1-9-23(4)31(42-36(49)37-19-38(20-37,21-37)39-7)34(46)43(8)29(22(2)3)17-30(50-25(6)44)33-41-28(18-51-33)32(45)40-27(15-24(5)35(47)48)16-26-13-11-10-12-14-26/h10-14,18,22-24,27,29-31,39H,9,15-17,19-21H2,1-8H3,(H,40,45)(H,42,49)(H,47,48)/t23-,24-,27+,29+,30+,31-,37?,38?/m0/s1. The number of carbonyl (C=O) groups is 5. The fraction of sp³-hybridized carbons (Fsp3) is 0.632. The molecule has 12 nitrogen and oxygen atoms in total. The van der Waals surface area contributed by atoms with Crippen molar-refractivity contribution in [1.29, 1.82) is 0 Å². The van der Waals surface area contributed by atoms with E-state index in [0.29, 0.717) is 17.8 Å². The van der Waals surface area contributed by atoms with Crippen LogP contribution in [0.2, 0.25) is 0 Å². The molecule has 0 radical (unpaired) electrons. The molecule has 5 rings (SSSR count). The Kier molecular flexibility index (Phi) is 13.1. The average Bonchev–Trinajstić information content (AvgIpc) is 3.54. The van der Waals surface area contributed by atoms with E-state index in [9.17, 15) is 29.1 Å². The number of nitrogens with zero attached hydrogens (tertiary/aromatic N) is 2. The van der Waals surface area contributed by atoms with Gasteiger partial charge in [-0.25, -0.2) is 4.98 Å². The van der Waals surface area contributed by atoms with E-state index in [1.807, 2.05) is 65.1 Å². The first kappa shape index (κ1) is 39.9. The van der Waals surface area contributed by atoms with Gasteiger partial charge in [0.05, 0.1) is 11.3 Å². The maximum atomic E-state index is 14.2. The van der Waals surface area contributed by atoms with Crippen LogP contribution in [0, 0.1) is 23.2 Å². The van der Waals surface area contributed by atoms with Crippen LogP contribution in [0.5, 0.6) is 0 Å². The van der Waals surface area contributed by atoms with Crippen LogP contribution >= 0.6 is 11.3 Å². The van der Waals surface area contributed by atoms with Crippen molar-refractivity contribution in [3.05, 3.63) is 52.0 Å². The number of carbonyl (C=O) groups excluding carboxylic acids is 4. The van der Waals surface area contributed by atoms with E-state index in [-0.39, 0.29) is 53.8 Å². The average molecular weight is 726 g/mol. The first-order chi connectivity index (χ1) is 24.0. The number of aromatic nitrogens is 1. The third-order valence-corrected chi connectivity index (χ3v) is 11.9. The molecule has 3 fully saturated rings. The molecule has 1 aromatic carbocycles. The third-order valence-electron chi connectivity index (χ3n) is 10.9. The summed E-state index contributed by atoms with van der Waals surface area (Å²) >= 11 is 1.18. The van der Waals surface area contributed by atoms with Crippen molar-refractivity contribution in [2.24, 2.45) is 23.2 Å². The number of nitrogens with one attached hydrogen (secondary N) is 3. The molecule has 3 amide bonds. The quantitative estimate of drug-likeness (QED) is 0.150. The second kappa shape index (κ2) is 16.7. The van der Waals surface area contributed by atoms with Gasteiger partial charge in [0, 0.05) is 43.4 Å². The highest BCUT2D eigenvalue weighted by Crippen LogP contribution is 2.67. The summed E-state index contributed by atoms with van der Waals surface area (Å²) in [6, 6.07) is 7.98. The number of amides is 3. The fourth-order valence-corrected chi connectivity index (χ4v) is 8.41. The number of thiazole rings is 1. The maximum absolute atomic E-state index is 14.2. The van der Waals surface area contributed by atoms with Crippen LogP contribution in [0.25, 0.3) is 0 Å². The Hall–Kier alpha value is -3.84. The third kappa shape index (κ3) is 9.34. The van der Waals surface area contributed by atoms with E-state index in [0.717, 1.165) is 24.8 Å². The van der Waals surface area contributed by atoms with Gasteiger partial charge in [-0.1, -0.05) is 71.4 Å². The molecule has 3 saturated carbocycles. The fourth-order valence-electron chi connectivity index (χ4n) is 7.57. The SMILES string of the molecule is CC[C@H](C)[C@H](NC(=O)C12CC(NC)(C1)C2)C(=O)N(C)[C@H](C[C@@H](OC(C)=O)c1nc(C(=O)N[C@@H](Cc2ccccc2)C[C@H](C)C(=O)O)cs1)C(C)C. The lowest BCUT2D eigenvalue weighted by Gasteiger charge is -2.69. The number of benzene rings is 1. The Labute approximate surface area is 305 Å². The van der Waals surface area contributed by atoms with Crippen molar-refractivity contribution in [2.75, 3.05) is 14.1 Å². The smallest absolute Gasteiger partial charge is 0.306 e. The first-order valence-corrected chi connectivity index (χ1v) is 18.9. The number of likely N-dealkylation sites (N-methyl/N-ethyl adjacent to an activating group) is 1. The van der Waals surface area contributed by atoms with Crippen molar-refractivity contribution >= 4 is 41.0 Å². The van der Waals surface area contributed by atoms with E-state index >= 15 is 0 Å². The Bertz CT molecular complexity index is 1540. The van der Waals surface area contributed by atoms with Gasteiger partial charge in [-0.05, 0) is 56.6 Å². The Morgan fingerprint density at radius 1 is 1.02 bits per heavy atom. The molecule has 0 aliphatic heterocycles. The summed E-state index contributed by atoms with van der Waals surface area (Å²) in [6.07, 6.45) is 3.12. The van der Waals surface area contributed by atoms with Crippen LogP contribution in [0.15, 0.2) is 35.7 Å². The minimum Gasteiger partial charge on any atom is -0.481 e. The second-order valence-electron chi connectivity index (χ2n) is 15.2. The molecule has 2 bridgehead atoms. The summed E-state index contributed by atoms with van der Waals surface area (Å²) in [5.41, 5.74) is 0.741. The van der Waals surface area contributed by atoms with Crippen LogP contribution in [0.1, 0.15) is 107 Å². The highest BCUT2D eigenvalue weighted by atomic mass is 32.1. The number of rotatable bonds is 19. The molecule has 0 unspecified atom stereocenters. The first-order valence-electron chi connectivity index (χ1n) is 18.0. The minimum absolute atomic E-state index is 0.0453. The number of aliphatic carboxylic acids is 1. The molecular weight excluding hydrogens is 671 g/mol. The molecule has 0 saturated heterocycles.